The van der Waals surface area contributed by atoms with Gasteiger partial charge in [0.1, 0.15) is 0 Å². The van der Waals surface area contributed by atoms with E-state index in [9.17, 15) is 4.57 Å². The molecule has 0 radical (unpaired) electrons. The van der Waals surface area contributed by atoms with E-state index in [0.717, 1.165) is 5.56 Å². The van der Waals surface area contributed by atoms with Gasteiger partial charge in [0, 0.05) is 0 Å². The average Bonchev–Trinajstić information content (AvgIpc) is 2.74. The molecule has 1 aromatic heterocycles. The molecule has 0 bridgehead atoms. The first-order valence-corrected chi connectivity index (χ1v) is 8.62. The summed E-state index contributed by atoms with van der Waals surface area (Å²) in [6.45, 7) is 7.36. The molecule has 0 aliphatic rings. The van der Waals surface area contributed by atoms with Gasteiger partial charge in [0.25, 0.3) is 0 Å². The molecule has 0 unspecified atom stereocenters. The Morgan fingerprint density at radius 3 is 2.37 bits per heavy atom. The van der Waals surface area contributed by atoms with Crippen LogP contribution < -0.4 is 0 Å². The second-order valence-electron chi connectivity index (χ2n) is 4.51. The minimum atomic E-state index is -3.49. The highest BCUT2D eigenvalue weighted by Crippen LogP contribution is 2.51. The molecule has 0 atom stereocenters. The molecule has 1 heterocycles. The maximum absolute atomic E-state index is 12.3. The second kappa shape index (κ2) is 7.98. The summed E-state index contributed by atoms with van der Waals surface area (Å²) in [4.78, 5) is 0. The molecule has 0 aliphatic heterocycles. The van der Waals surface area contributed by atoms with Crippen molar-refractivity contribution >= 4 is 25.2 Å². The Bertz CT molecular complexity index is 412. The van der Waals surface area contributed by atoms with Crippen LogP contribution in [0, 0.1) is 0 Å². The molecule has 0 amide bonds. The first kappa shape index (κ1) is 16.6. The van der Waals surface area contributed by atoms with Crippen LogP contribution in [0.15, 0.2) is 22.9 Å². The van der Waals surface area contributed by atoms with Gasteiger partial charge < -0.3 is 0 Å². The first-order chi connectivity index (χ1) is 8.91. The fourth-order valence-corrected chi connectivity index (χ4v) is 3.39. The number of rotatable bonds is 8. The maximum atomic E-state index is 12.3. The molecule has 1 aromatic rings. The van der Waals surface area contributed by atoms with E-state index in [4.69, 9.17) is 13.6 Å². The van der Waals surface area contributed by atoms with Crippen LogP contribution in [0.25, 0.3) is 6.08 Å². The standard InChI is InChI=1S/C13H21O4PS/c1-11(2)16-18(14,17-12(3)4)15-8-5-6-13-7-9-19-10-13/h5-7,9-12H,8H2,1-4H3/b6-5+. The quantitative estimate of drug-likeness (QED) is 0.651. The van der Waals surface area contributed by atoms with E-state index in [1.54, 1.807) is 45.1 Å². The van der Waals surface area contributed by atoms with E-state index in [-0.39, 0.29) is 18.8 Å². The van der Waals surface area contributed by atoms with Crippen LogP contribution in [0.5, 0.6) is 0 Å². The number of hydrogen-bond acceptors (Lipinski definition) is 5. The summed E-state index contributed by atoms with van der Waals surface area (Å²) in [6, 6.07) is 2.00. The zero-order chi connectivity index (χ0) is 14.3. The van der Waals surface area contributed by atoms with E-state index >= 15 is 0 Å². The SMILES string of the molecule is CC(C)OP(=O)(OC/C=C/c1ccsc1)OC(C)C. The van der Waals surface area contributed by atoms with Gasteiger partial charge in [-0.2, -0.15) is 11.3 Å². The lowest BCUT2D eigenvalue weighted by atomic mass is 10.3. The van der Waals surface area contributed by atoms with Crippen LogP contribution in [0.2, 0.25) is 0 Å². The predicted molar refractivity (Wildman–Crippen MR) is 79.4 cm³/mol. The predicted octanol–water partition coefficient (Wildman–Crippen LogP) is 4.74. The van der Waals surface area contributed by atoms with Crippen molar-refractivity contribution in [1.82, 2.24) is 0 Å². The third-order valence-electron chi connectivity index (χ3n) is 1.86. The van der Waals surface area contributed by atoms with Crippen LogP contribution in [-0.4, -0.2) is 18.8 Å². The summed E-state index contributed by atoms with van der Waals surface area (Å²) in [5, 5.41) is 4.01. The van der Waals surface area contributed by atoms with Crippen molar-refractivity contribution in [2.24, 2.45) is 0 Å². The zero-order valence-corrected chi connectivity index (χ0v) is 13.4. The highest BCUT2D eigenvalue weighted by atomic mass is 32.1. The summed E-state index contributed by atoms with van der Waals surface area (Å²) in [5.74, 6) is 0. The first-order valence-electron chi connectivity index (χ1n) is 6.21. The third-order valence-corrected chi connectivity index (χ3v) is 4.39. The van der Waals surface area contributed by atoms with Crippen molar-refractivity contribution in [3.8, 4) is 0 Å². The van der Waals surface area contributed by atoms with Crippen LogP contribution in [0.4, 0.5) is 0 Å². The molecule has 19 heavy (non-hydrogen) atoms. The minimum Gasteiger partial charge on any atom is -0.284 e. The molecule has 6 heteroatoms. The average molecular weight is 304 g/mol. The van der Waals surface area contributed by atoms with Gasteiger partial charge >= 0.3 is 7.82 Å². The van der Waals surface area contributed by atoms with Crippen molar-refractivity contribution in [2.75, 3.05) is 6.61 Å². The Balaban J connectivity index is 2.51. The maximum Gasteiger partial charge on any atom is 0.475 e. The van der Waals surface area contributed by atoms with Gasteiger partial charge in [0.2, 0.25) is 0 Å². The molecule has 0 N–H and O–H groups in total. The van der Waals surface area contributed by atoms with Crippen LogP contribution in [0.1, 0.15) is 33.3 Å². The van der Waals surface area contributed by atoms with Crippen molar-refractivity contribution in [2.45, 2.75) is 39.9 Å². The van der Waals surface area contributed by atoms with Gasteiger partial charge in [-0.25, -0.2) is 4.57 Å². The fraction of sp³-hybridized carbons (Fsp3) is 0.538. The largest absolute Gasteiger partial charge is 0.475 e. The van der Waals surface area contributed by atoms with E-state index in [1.807, 2.05) is 22.9 Å². The van der Waals surface area contributed by atoms with E-state index in [1.165, 1.54) is 0 Å². The minimum absolute atomic E-state index is 0.187. The number of thiophene rings is 1. The topological polar surface area (TPSA) is 44.8 Å². The van der Waals surface area contributed by atoms with Gasteiger partial charge in [0.15, 0.2) is 0 Å². The lowest BCUT2D eigenvalue weighted by Gasteiger charge is -2.21. The number of phosphoric acid groups is 1. The number of phosphoric ester groups is 1. The summed E-state index contributed by atoms with van der Waals surface area (Å²) < 4.78 is 28.1. The summed E-state index contributed by atoms with van der Waals surface area (Å²) in [5.41, 5.74) is 1.10. The monoisotopic (exact) mass is 304 g/mol. The molecule has 0 aliphatic carbocycles. The van der Waals surface area contributed by atoms with Crippen molar-refractivity contribution in [3.63, 3.8) is 0 Å². The van der Waals surface area contributed by atoms with Crippen molar-refractivity contribution in [3.05, 3.63) is 28.5 Å². The molecule has 0 saturated heterocycles. The molecule has 1 rings (SSSR count). The molecule has 0 saturated carbocycles. The normalized spacial score (nSPS) is 12.9. The molecule has 0 fully saturated rings. The van der Waals surface area contributed by atoms with Gasteiger partial charge in [-0.05, 0) is 50.1 Å². The highest BCUT2D eigenvalue weighted by Gasteiger charge is 2.29. The van der Waals surface area contributed by atoms with Gasteiger partial charge in [0.05, 0.1) is 18.8 Å². The van der Waals surface area contributed by atoms with E-state index < -0.39 is 7.82 Å². The highest BCUT2D eigenvalue weighted by molar-refractivity contribution is 7.48. The molecule has 0 spiro atoms. The zero-order valence-electron chi connectivity index (χ0n) is 11.7. The summed E-state index contributed by atoms with van der Waals surface area (Å²) in [6.07, 6.45) is 3.27. The van der Waals surface area contributed by atoms with Crippen molar-refractivity contribution < 1.29 is 18.1 Å². The van der Waals surface area contributed by atoms with Crippen molar-refractivity contribution in [1.29, 1.82) is 0 Å². The van der Waals surface area contributed by atoms with Gasteiger partial charge in [-0.15, -0.1) is 0 Å². The Kier molecular flexibility index (Phi) is 6.97. The molecule has 4 nitrogen and oxygen atoms in total. The summed E-state index contributed by atoms with van der Waals surface area (Å²) >= 11 is 1.62. The van der Waals surface area contributed by atoms with E-state index in [0.29, 0.717) is 0 Å². The molecule has 108 valence electrons. The molecular weight excluding hydrogens is 283 g/mol. The van der Waals surface area contributed by atoms with E-state index in [2.05, 4.69) is 0 Å². The Labute approximate surface area is 119 Å². The van der Waals surface area contributed by atoms with Gasteiger partial charge in [-0.3, -0.25) is 13.6 Å². The Morgan fingerprint density at radius 2 is 1.89 bits per heavy atom. The fourth-order valence-electron chi connectivity index (χ4n) is 1.29. The molecule has 0 aromatic carbocycles. The van der Waals surface area contributed by atoms with Crippen LogP contribution in [0.3, 0.4) is 0 Å². The van der Waals surface area contributed by atoms with Crippen LogP contribution in [-0.2, 0) is 18.1 Å². The molecular formula is C13H21O4PS. The van der Waals surface area contributed by atoms with Gasteiger partial charge in [-0.1, -0.05) is 12.2 Å². The summed E-state index contributed by atoms with van der Waals surface area (Å²) in [7, 11) is -3.49. The number of hydrogen-bond donors (Lipinski definition) is 0. The lowest BCUT2D eigenvalue weighted by Crippen LogP contribution is -2.10. The Hall–Kier alpha value is -0.450. The smallest absolute Gasteiger partial charge is 0.284 e. The van der Waals surface area contributed by atoms with Crippen LogP contribution >= 0.6 is 19.2 Å². The second-order valence-corrected chi connectivity index (χ2v) is 6.86. The Morgan fingerprint density at radius 1 is 1.26 bits per heavy atom. The third kappa shape index (κ3) is 7.04. The lowest BCUT2D eigenvalue weighted by molar-refractivity contribution is 0.0783.